The Bertz CT molecular complexity index is 262. The fourth-order valence-corrected chi connectivity index (χ4v) is 1.10. The van der Waals surface area contributed by atoms with Gasteiger partial charge >= 0.3 is 5.97 Å². The van der Waals surface area contributed by atoms with Crippen LogP contribution in [0, 0.1) is 6.92 Å². The van der Waals surface area contributed by atoms with Crippen molar-refractivity contribution in [2.75, 3.05) is 0 Å². The first-order valence-electron chi connectivity index (χ1n) is 3.95. The minimum atomic E-state index is -0.740. The molecule has 12 heavy (non-hydrogen) atoms. The monoisotopic (exact) mass is 168 g/mol. The van der Waals surface area contributed by atoms with Crippen LogP contribution in [0.15, 0.2) is 16.7 Å². The highest BCUT2D eigenvalue weighted by atomic mass is 16.4. The molecule has 1 heterocycles. The van der Waals surface area contributed by atoms with Gasteiger partial charge in [-0.25, -0.2) is 0 Å². The summed E-state index contributed by atoms with van der Waals surface area (Å²) in [7, 11) is 0. The maximum absolute atomic E-state index is 10.2. The van der Waals surface area contributed by atoms with Gasteiger partial charge in [0.2, 0.25) is 0 Å². The lowest BCUT2D eigenvalue weighted by Gasteiger charge is -1.95. The third kappa shape index (κ3) is 2.42. The highest BCUT2D eigenvalue weighted by Crippen LogP contribution is 2.11. The minimum absolute atomic E-state index is 0.227. The van der Waals surface area contributed by atoms with Gasteiger partial charge < -0.3 is 9.52 Å². The molecule has 1 aromatic heterocycles. The van der Waals surface area contributed by atoms with Crippen molar-refractivity contribution in [3.8, 4) is 0 Å². The molecule has 0 spiro atoms. The van der Waals surface area contributed by atoms with Crippen molar-refractivity contribution < 1.29 is 14.3 Å². The summed E-state index contributed by atoms with van der Waals surface area (Å²) in [5.74, 6) is 0.150. The second kappa shape index (κ2) is 3.95. The minimum Gasteiger partial charge on any atom is -0.481 e. The van der Waals surface area contributed by atoms with Crippen molar-refractivity contribution in [2.24, 2.45) is 0 Å². The largest absolute Gasteiger partial charge is 0.481 e. The van der Waals surface area contributed by atoms with Gasteiger partial charge in [-0.1, -0.05) is 0 Å². The maximum atomic E-state index is 10.2. The number of hydrogen-bond donors (Lipinski definition) is 1. The number of aryl methyl sites for hydroxylation is 2. The Morgan fingerprint density at radius 1 is 1.67 bits per heavy atom. The first-order valence-corrected chi connectivity index (χ1v) is 3.95. The van der Waals surface area contributed by atoms with Crippen LogP contribution in [0.4, 0.5) is 0 Å². The summed E-state index contributed by atoms with van der Waals surface area (Å²) in [6.45, 7) is 1.89. The maximum Gasteiger partial charge on any atom is 0.303 e. The molecule has 0 aliphatic heterocycles. The molecular formula is C9H12O3. The Kier molecular flexibility index (Phi) is 2.91. The van der Waals surface area contributed by atoms with Crippen LogP contribution >= 0.6 is 0 Å². The van der Waals surface area contributed by atoms with Gasteiger partial charge in [0.05, 0.1) is 6.26 Å². The van der Waals surface area contributed by atoms with E-state index in [2.05, 4.69) is 0 Å². The summed E-state index contributed by atoms with van der Waals surface area (Å²) in [5, 5.41) is 8.39. The number of carboxylic acids is 1. The lowest BCUT2D eigenvalue weighted by atomic mass is 10.1. The smallest absolute Gasteiger partial charge is 0.303 e. The second-order valence-electron chi connectivity index (χ2n) is 2.75. The number of carboxylic acid groups (broad SMARTS) is 1. The Balaban J connectivity index is 2.33. The Hall–Kier alpha value is -1.25. The van der Waals surface area contributed by atoms with Crippen molar-refractivity contribution in [1.82, 2.24) is 0 Å². The van der Waals surface area contributed by atoms with Gasteiger partial charge in [-0.2, -0.15) is 0 Å². The molecule has 0 atom stereocenters. The Labute approximate surface area is 71.0 Å². The fraction of sp³-hybridized carbons (Fsp3) is 0.444. The van der Waals surface area contributed by atoms with Crippen LogP contribution in [-0.2, 0) is 11.2 Å². The van der Waals surface area contributed by atoms with E-state index < -0.39 is 5.97 Å². The summed E-state index contributed by atoms with van der Waals surface area (Å²) < 4.78 is 5.07. The normalized spacial score (nSPS) is 10.1. The van der Waals surface area contributed by atoms with Gasteiger partial charge in [0.15, 0.2) is 0 Å². The molecule has 0 saturated carbocycles. The van der Waals surface area contributed by atoms with Gasteiger partial charge in [-0.05, 0) is 31.4 Å². The van der Waals surface area contributed by atoms with E-state index in [1.165, 1.54) is 0 Å². The predicted octanol–water partition coefficient (Wildman–Crippen LogP) is 2.00. The van der Waals surface area contributed by atoms with Gasteiger partial charge in [0.1, 0.15) is 5.76 Å². The Morgan fingerprint density at radius 2 is 2.42 bits per heavy atom. The molecule has 0 aromatic carbocycles. The number of carbonyl (C=O) groups is 1. The molecule has 1 N–H and O–H groups in total. The van der Waals surface area contributed by atoms with Crippen LogP contribution in [0.3, 0.4) is 0 Å². The van der Waals surface area contributed by atoms with Gasteiger partial charge in [0, 0.05) is 6.42 Å². The van der Waals surface area contributed by atoms with Crippen molar-refractivity contribution in [3.63, 3.8) is 0 Å². The van der Waals surface area contributed by atoms with Crippen LogP contribution in [-0.4, -0.2) is 11.1 Å². The first kappa shape index (κ1) is 8.84. The number of hydrogen-bond acceptors (Lipinski definition) is 2. The van der Waals surface area contributed by atoms with Crippen molar-refractivity contribution in [2.45, 2.75) is 26.2 Å². The van der Waals surface area contributed by atoms with E-state index in [9.17, 15) is 4.79 Å². The zero-order valence-electron chi connectivity index (χ0n) is 7.04. The van der Waals surface area contributed by atoms with E-state index in [0.717, 1.165) is 17.7 Å². The molecule has 0 unspecified atom stereocenters. The standard InChI is InChI=1S/C9H12O3/c1-7-8(5-6-12-7)3-2-4-9(10)11/h5-6H,2-4H2,1H3,(H,10,11). The van der Waals surface area contributed by atoms with E-state index in [1.54, 1.807) is 6.26 Å². The van der Waals surface area contributed by atoms with E-state index in [0.29, 0.717) is 6.42 Å². The lowest BCUT2D eigenvalue weighted by Crippen LogP contribution is -1.95. The predicted molar refractivity (Wildman–Crippen MR) is 44.0 cm³/mol. The van der Waals surface area contributed by atoms with Crippen LogP contribution in [0.5, 0.6) is 0 Å². The van der Waals surface area contributed by atoms with Crippen LogP contribution in [0.2, 0.25) is 0 Å². The van der Waals surface area contributed by atoms with Crippen molar-refractivity contribution in [3.05, 3.63) is 23.7 Å². The van der Waals surface area contributed by atoms with Gasteiger partial charge in [-0.3, -0.25) is 4.79 Å². The Morgan fingerprint density at radius 3 is 2.92 bits per heavy atom. The fourth-order valence-electron chi connectivity index (χ4n) is 1.10. The molecule has 3 heteroatoms. The van der Waals surface area contributed by atoms with E-state index in [4.69, 9.17) is 9.52 Å². The van der Waals surface area contributed by atoms with Crippen LogP contribution < -0.4 is 0 Å². The summed E-state index contributed by atoms with van der Waals surface area (Å²) >= 11 is 0. The van der Waals surface area contributed by atoms with Gasteiger partial charge in [-0.15, -0.1) is 0 Å². The number of aliphatic carboxylic acids is 1. The molecule has 0 fully saturated rings. The summed E-state index contributed by atoms with van der Waals surface area (Å²) in [6, 6.07) is 1.89. The SMILES string of the molecule is Cc1occc1CCCC(=O)O. The molecule has 1 aromatic rings. The zero-order chi connectivity index (χ0) is 8.97. The number of rotatable bonds is 4. The van der Waals surface area contributed by atoms with E-state index in [-0.39, 0.29) is 6.42 Å². The topological polar surface area (TPSA) is 50.4 Å². The molecule has 0 aliphatic carbocycles. The van der Waals surface area contributed by atoms with Crippen LogP contribution in [0.1, 0.15) is 24.2 Å². The molecule has 66 valence electrons. The molecule has 0 saturated heterocycles. The highest BCUT2D eigenvalue weighted by Gasteiger charge is 2.02. The molecular weight excluding hydrogens is 156 g/mol. The zero-order valence-corrected chi connectivity index (χ0v) is 7.04. The number of furan rings is 1. The second-order valence-corrected chi connectivity index (χ2v) is 2.75. The third-order valence-electron chi connectivity index (χ3n) is 1.80. The molecule has 0 aliphatic rings. The van der Waals surface area contributed by atoms with Gasteiger partial charge in [0.25, 0.3) is 0 Å². The quantitative estimate of drug-likeness (QED) is 0.748. The molecule has 3 nitrogen and oxygen atoms in total. The highest BCUT2D eigenvalue weighted by molar-refractivity contribution is 5.66. The summed E-state index contributed by atoms with van der Waals surface area (Å²) in [6.07, 6.45) is 3.32. The average molecular weight is 168 g/mol. The van der Waals surface area contributed by atoms with Crippen LogP contribution in [0.25, 0.3) is 0 Å². The van der Waals surface area contributed by atoms with Crippen molar-refractivity contribution >= 4 is 5.97 Å². The molecule has 0 bridgehead atoms. The molecule has 0 radical (unpaired) electrons. The summed E-state index contributed by atoms with van der Waals surface area (Å²) in [5.41, 5.74) is 1.11. The first-order chi connectivity index (χ1) is 5.70. The molecule has 1 rings (SSSR count). The third-order valence-corrected chi connectivity index (χ3v) is 1.80. The lowest BCUT2D eigenvalue weighted by molar-refractivity contribution is -0.137. The van der Waals surface area contributed by atoms with E-state index >= 15 is 0 Å². The summed E-state index contributed by atoms with van der Waals surface area (Å²) in [4.78, 5) is 10.2. The average Bonchev–Trinajstić information content (AvgIpc) is 2.36. The molecule has 0 amide bonds. The van der Waals surface area contributed by atoms with Crippen molar-refractivity contribution in [1.29, 1.82) is 0 Å². The van der Waals surface area contributed by atoms with E-state index in [1.807, 2.05) is 13.0 Å².